The van der Waals surface area contributed by atoms with E-state index in [9.17, 15) is 0 Å². The maximum absolute atomic E-state index is 9.00. The number of hydrogen-bond acceptors (Lipinski definition) is 3. The number of amides is 4. The van der Waals surface area contributed by atoms with E-state index in [0.717, 1.165) is 0 Å². The third kappa shape index (κ3) is 455. The van der Waals surface area contributed by atoms with Crippen molar-refractivity contribution >= 4 is 12.1 Å². The molecule has 0 spiro atoms. The molecule has 0 bridgehead atoms. The fraction of sp³-hybridized carbons (Fsp3) is 0.200. The molecule has 70 valence electrons. The lowest BCUT2D eigenvalue weighted by Crippen LogP contribution is -2.18. The highest BCUT2D eigenvalue weighted by molar-refractivity contribution is 5.69. The molecule has 0 fully saturated rings. The Balaban J connectivity index is -0.000000101. The van der Waals surface area contributed by atoms with E-state index in [2.05, 4.69) is 29.4 Å². The topological polar surface area (TPSA) is 158 Å². The minimum absolute atomic E-state index is 0.153. The number of terminal acetylenes is 1. The number of aliphatic hydroxyl groups is 1. The molecule has 0 atom stereocenters. The molecule has 0 saturated carbocycles. The molecule has 0 rings (SSSR count). The molecular weight excluding hydrogens is 164 g/mol. The van der Waals surface area contributed by atoms with E-state index >= 15 is 0 Å². The number of urea groups is 2. The summed E-state index contributed by atoms with van der Waals surface area (Å²) in [6.45, 7) is -0.153. The Kier molecular flexibility index (Phi) is 22.1. The number of primary amides is 4. The molecule has 0 aromatic heterocycles. The lowest BCUT2D eigenvalue weighted by Gasteiger charge is -1.62. The Bertz CT molecular complexity index is 143. The largest absolute Gasteiger partial charge is 0.384 e. The zero-order valence-corrected chi connectivity index (χ0v) is 6.36. The van der Waals surface area contributed by atoms with E-state index in [0.29, 0.717) is 0 Å². The lowest BCUT2D eigenvalue weighted by molar-refractivity contribution is 0.255. The van der Waals surface area contributed by atoms with Crippen LogP contribution in [0.1, 0.15) is 0 Å². The van der Waals surface area contributed by atoms with Crippen molar-refractivity contribution in [2.24, 2.45) is 22.9 Å². The Morgan fingerprint density at radius 1 is 1.17 bits per heavy atom. The van der Waals surface area contributed by atoms with Gasteiger partial charge in [0.2, 0.25) is 0 Å². The van der Waals surface area contributed by atoms with Crippen LogP contribution < -0.4 is 22.9 Å². The van der Waals surface area contributed by atoms with Gasteiger partial charge in [0.1, 0.15) is 6.61 Å². The van der Waals surface area contributed by atoms with Gasteiger partial charge in [0.15, 0.2) is 0 Å². The number of aliphatic hydroxyl groups excluding tert-OH is 1. The summed E-state index contributed by atoms with van der Waals surface area (Å²) in [6.07, 6.45) is 4.53. The third-order valence-electron chi connectivity index (χ3n) is 0.0913. The standard InChI is InChI=1S/C3H4O.2CH4N2O/c1-2-3-4;2*2-1(3)4/h1,4H,3H2;2*(H4,2,3,4). The van der Waals surface area contributed by atoms with Crippen LogP contribution in [-0.2, 0) is 0 Å². The van der Waals surface area contributed by atoms with Gasteiger partial charge < -0.3 is 28.0 Å². The van der Waals surface area contributed by atoms with Crippen molar-refractivity contribution in [2.45, 2.75) is 0 Å². The van der Waals surface area contributed by atoms with E-state index in [1.807, 2.05) is 5.92 Å². The smallest absolute Gasteiger partial charge is 0.309 e. The molecule has 0 aliphatic rings. The Morgan fingerprint density at radius 2 is 1.25 bits per heavy atom. The fourth-order valence-corrected chi connectivity index (χ4v) is 0. The second-order valence-electron chi connectivity index (χ2n) is 1.17. The second kappa shape index (κ2) is 16.0. The number of hydrogen-bond donors (Lipinski definition) is 5. The monoisotopic (exact) mass is 176 g/mol. The predicted molar refractivity (Wildman–Crippen MR) is 43.5 cm³/mol. The molecule has 0 radical (unpaired) electrons. The molecule has 0 saturated heterocycles. The van der Waals surface area contributed by atoms with Gasteiger partial charge in [-0.3, -0.25) is 0 Å². The van der Waals surface area contributed by atoms with Gasteiger partial charge >= 0.3 is 12.1 Å². The van der Waals surface area contributed by atoms with Gasteiger partial charge in [0.05, 0.1) is 0 Å². The summed E-state index contributed by atoms with van der Waals surface area (Å²) in [5, 5.41) is 7.64. The number of nitrogens with two attached hydrogens (primary N) is 4. The number of carbonyl (C=O) groups is 2. The molecule has 0 aliphatic carbocycles. The van der Waals surface area contributed by atoms with Crippen molar-refractivity contribution in [3.63, 3.8) is 0 Å². The summed E-state index contributed by atoms with van der Waals surface area (Å²) in [5.41, 5.74) is 17.0. The van der Waals surface area contributed by atoms with Crippen LogP contribution >= 0.6 is 0 Å². The van der Waals surface area contributed by atoms with Crippen LogP contribution in [0.5, 0.6) is 0 Å². The lowest BCUT2D eigenvalue weighted by atomic mass is 10.8. The minimum atomic E-state index is -0.833. The van der Waals surface area contributed by atoms with E-state index in [4.69, 9.17) is 14.7 Å². The maximum Gasteiger partial charge on any atom is 0.309 e. The van der Waals surface area contributed by atoms with Crippen LogP contribution in [0.25, 0.3) is 0 Å². The summed E-state index contributed by atoms with van der Waals surface area (Å²) in [5.74, 6) is 1.99. The van der Waals surface area contributed by atoms with Crippen LogP contribution in [-0.4, -0.2) is 23.8 Å². The number of rotatable bonds is 0. The van der Waals surface area contributed by atoms with Crippen LogP contribution in [0.15, 0.2) is 0 Å². The van der Waals surface area contributed by atoms with Crippen LogP contribution in [0.3, 0.4) is 0 Å². The first kappa shape index (κ1) is 16.6. The Labute approximate surface area is 69.7 Å². The van der Waals surface area contributed by atoms with Gasteiger partial charge in [-0.25, -0.2) is 9.59 Å². The molecule has 4 amide bonds. The van der Waals surface area contributed by atoms with E-state index in [1.54, 1.807) is 0 Å². The molecule has 0 aromatic rings. The quantitative estimate of drug-likeness (QED) is 0.262. The fourth-order valence-electron chi connectivity index (χ4n) is 0. The van der Waals surface area contributed by atoms with Gasteiger partial charge in [0.25, 0.3) is 0 Å². The van der Waals surface area contributed by atoms with Crippen molar-refractivity contribution in [3.05, 3.63) is 0 Å². The molecule has 0 aromatic carbocycles. The first-order chi connectivity index (χ1) is 5.38. The highest BCUT2D eigenvalue weighted by Gasteiger charge is 1.61. The van der Waals surface area contributed by atoms with Crippen LogP contribution in [0, 0.1) is 12.3 Å². The van der Waals surface area contributed by atoms with E-state index in [-0.39, 0.29) is 6.61 Å². The van der Waals surface area contributed by atoms with Crippen molar-refractivity contribution in [2.75, 3.05) is 6.61 Å². The molecule has 0 unspecified atom stereocenters. The minimum Gasteiger partial charge on any atom is -0.384 e. The van der Waals surface area contributed by atoms with Gasteiger partial charge in [-0.15, -0.1) is 6.42 Å². The first-order valence-corrected chi connectivity index (χ1v) is 2.52. The molecule has 7 nitrogen and oxygen atoms in total. The SMILES string of the molecule is C#CCO.NC(N)=O.NC(N)=O. The highest BCUT2D eigenvalue weighted by atomic mass is 16.2. The zero-order chi connectivity index (χ0) is 10.6. The van der Waals surface area contributed by atoms with Gasteiger partial charge in [-0.2, -0.15) is 0 Å². The summed E-state index contributed by atoms with van der Waals surface area (Å²) in [4.78, 5) is 18.0. The molecule has 12 heavy (non-hydrogen) atoms. The van der Waals surface area contributed by atoms with Crippen molar-refractivity contribution in [1.29, 1.82) is 0 Å². The van der Waals surface area contributed by atoms with Crippen molar-refractivity contribution in [3.8, 4) is 12.3 Å². The molecule has 9 N–H and O–H groups in total. The molecular formula is C5H12N4O3. The van der Waals surface area contributed by atoms with Gasteiger partial charge in [-0.1, -0.05) is 5.92 Å². The maximum atomic E-state index is 9.00. The van der Waals surface area contributed by atoms with E-state index in [1.165, 1.54) is 0 Å². The second-order valence-corrected chi connectivity index (χ2v) is 1.17. The van der Waals surface area contributed by atoms with Crippen LogP contribution in [0.4, 0.5) is 9.59 Å². The number of carbonyl (C=O) groups excluding carboxylic acids is 2. The highest BCUT2D eigenvalue weighted by Crippen LogP contribution is 1.34. The van der Waals surface area contributed by atoms with Gasteiger partial charge in [0, 0.05) is 0 Å². The van der Waals surface area contributed by atoms with Gasteiger partial charge in [-0.05, 0) is 0 Å². The predicted octanol–water partition coefficient (Wildman–Crippen LogP) is -2.34. The summed E-state index contributed by atoms with van der Waals surface area (Å²) < 4.78 is 0. The summed E-state index contributed by atoms with van der Waals surface area (Å²) in [6, 6.07) is -1.67. The average molecular weight is 176 g/mol. The molecule has 0 heterocycles. The zero-order valence-electron chi connectivity index (χ0n) is 6.36. The molecule has 7 heteroatoms. The average Bonchev–Trinajstić information content (AvgIpc) is 1.85. The van der Waals surface area contributed by atoms with Crippen LogP contribution in [0.2, 0.25) is 0 Å². The Morgan fingerprint density at radius 3 is 1.25 bits per heavy atom. The molecule has 0 aliphatic heterocycles. The third-order valence-corrected chi connectivity index (χ3v) is 0.0913. The normalized spacial score (nSPS) is 5.67. The van der Waals surface area contributed by atoms with E-state index < -0.39 is 12.1 Å². The summed E-state index contributed by atoms with van der Waals surface area (Å²) >= 11 is 0. The van der Waals surface area contributed by atoms with Crippen molar-refractivity contribution in [1.82, 2.24) is 0 Å². The Hall–Kier alpha value is -1.94. The summed E-state index contributed by atoms with van der Waals surface area (Å²) in [7, 11) is 0. The van der Waals surface area contributed by atoms with Crippen molar-refractivity contribution < 1.29 is 14.7 Å². The first-order valence-electron chi connectivity index (χ1n) is 2.52.